The largest absolute Gasteiger partial charge is 0.467 e. The predicted molar refractivity (Wildman–Crippen MR) is 91.7 cm³/mol. The number of carbonyl (C=O) groups is 2. The van der Waals surface area contributed by atoms with Crippen molar-refractivity contribution in [1.29, 1.82) is 0 Å². The number of hydrogen-bond acceptors (Lipinski definition) is 4. The molecule has 0 aliphatic heterocycles. The van der Waals surface area contributed by atoms with Crippen molar-refractivity contribution in [2.45, 2.75) is 13.0 Å². The SMILES string of the molecule is C[C@@H](NC(=O)COC(=O)/C=C/c1c(Cl)cccc1Cl)c1ccco1. The van der Waals surface area contributed by atoms with Gasteiger partial charge in [0.1, 0.15) is 5.76 Å². The van der Waals surface area contributed by atoms with E-state index < -0.39 is 18.5 Å². The summed E-state index contributed by atoms with van der Waals surface area (Å²) in [6, 6.07) is 8.16. The first-order valence-electron chi connectivity index (χ1n) is 7.09. The summed E-state index contributed by atoms with van der Waals surface area (Å²) in [4.78, 5) is 23.4. The number of amides is 1. The van der Waals surface area contributed by atoms with Crippen molar-refractivity contribution in [2.75, 3.05) is 6.61 Å². The van der Waals surface area contributed by atoms with E-state index in [1.165, 1.54) is 12.3 Å². The number of benzene rings is 1. The highest BCUT2D eigenvalue weighted by Crippen LogP contribution is 2.25. The van der Waals surface area contributed by atoms with E-state index in [0.717, 1.165) is 6.08 Å². The highest BCUT2D eigenvalue weighted by Gasteiger charge is 2.13. The van der Waals surface area contributed by atoms with Crippen molar-refractivity contribution in [2.24, 2.45) is 0 Å². The van der Waals surface area contributed by atoms with E-state index in [1.54, 1.807) is 37.3 Å². The summed E-state index contributed by atoms with van der Waals surface area (Å²) >= 11 is 12.0. The molecule has 2 rings (SSSR count). The van der Waals surface area contributed by atoms with Gasteiger partial charge < -0.3 is 14.5 Å². The first-order valence-corrected chi connectivity index (χ1v) is 7.84. The van der Waals surface area contributed by atoms with Gasteiger partial charge in [-0.25, -0.2) is 4.79 Å². The van der Waals surface area contributed by atoms with Crippen molar-refractivity contribution in [1.82, 2.24) is 5.32 Å². The highest BCUT2D eigenvalue weighted by atomic mass is 35.5. The van der Waals surface area contributed by atoms with Crippen LogP contribution in [0.4, 0.5) is 0 Å². The fraction of sp³-hybridized carbons (Fsp3) is 0.176. The summed E-state index contributed by atoms with van der Waals surface area (Å²) < 4.78 is 10.0. The van der Waals surface area contributed by atoms with Gasteiger partial charge in [-0.05, 0) is 37.3 Å². The molecule has 0 aliphatic carbocycles. The van der Waals surface area contributed by atoms with Gasteiger partial charge in [-0.1, -0.05) is 29.3 Å². The Kier molecular flexibility index (Phi) is 6.46. The molecule has 0 bridgehead atoms. The Balaban J connectivity index is 1.82. The fourth-order valence-electron chi connectivity index (χ4n) is 1.90. The zero-order chi connectivity index (χ0) is 17.5. The number of carbonyl (C=O) groups excluding carboxylic acids is 2. The van der Waals surface area contributed by atoms with Crippen molar-refractivity contribution in [3.63, 3.8) is 0 Å². The quantitative estimate of drug-likeness (QED) is 0.618. The highest BCUT2D eigenvalue weighted by molar-refractivity contribution is 6.37. The molecule has 1 heterocycles. The number of rotatable bonds is 6. The normalized spacial score (nSPS) is 12.1. The van der Waals surface area contributed by atoms with Gasteiger partial charge in [0.05, 0.1) is 12.3 Å². The second-order valence-electron chi connectivity index (χ2n) is 4.88. The van der Waals surface area contributed by atoms with E-state index in [4.69, 9.17) is 32.4 Å². The molecule has 0 saturated heterocycles. The summed E-state index contributed by atoms with van der Waals surface area (Å²) in [7, 11) is 0. The summed E-state index contributed by atoms with van der Waals surface area (Å²) in [5.41, 5.74) is 0.508. The molecule has 0 saturated carbocycles. The third kappa shape index (κ3) is 5.15. The van der Waals surface area contributed by atoms with Crippen LogP contribution in [-0.2, 0) is 14.3 Å². The van der Waals surface area contributed by atoms with Crippen molar-refractivity contribution < 1.29 is 18.7 Å². The second kappa shape index (κ2) is 8.57. The van der Waals surface area contributed by atoms with Crippen LogP contribution >= 0.6 is 23.2 Å². The average molecular weight is 368 g/mol. The van der Waals surface area contributed by atoms with Crippen LogP contribution in [0.5, 0.6) is 0 Å². The van der Waals surface area contributed by atoms with Crippen LogP contribution < -0.4 is 5.32 Å². The molecular formula is C17H15Cl2NO4. The maximum absolute atomic E-state index is 11.7. The molecule has 1 amide bonds. The third-order valence-electron chi connectivity index (χ3n) is 3.08. The van der Waals surface area contributed by atoms with Gasteiger partial charge >= 0.3 is 5.97 Å². The molecule has 0 radical (unpaired) electrons. The molecule has 24 heavy (non-hydrogen) atoms. The minimum absolute atomic E-state index is 0.316. The van der Waals surface area contributed by atoms with Crippen LogP contribution in [-0.4, -0.2) is 18.5 Å². The number of nitrogens with one attached hydrogen (secondary N) is 1. The molecule has 1 atom stereocenters. The number of furan rings is 1. The lowest BCUT2D eigenvalue weighted by molar-refractivity contribution is -0.144. The van der Waals surface area contributed by atoms with E-state index in [9.17, 15) is 9.59 Å². The van der Waals surface area contributed by atoms with Gasteiger partial charge in [-0.2, -0.15) is 0 Å². The Bertz CT molecular complexity index is 721. The van der Waals surface area contributed by atoms with E-state index in [-0.39, 0.29) is 6.04 Å². The van der Waals surface area contributed by atoms with Gasteiger partial charge in [0.15, 0.2) is 6.61 Å². The Morgan fingerprint density at radius 2 is 1.96 bits per heavy atom. The van der Waals surface area contributed by atoms with Gasteiger partial charge in [0.25, 0.3) is 5.91 Å². The molecule has 1 aromatic heterocycles. The van der Waals surface area contributed by atoms with Gasteiger partial charge in [-0.15, -0.1) is 0 Å². The zero-order valence-corrected chi connectivity index (χ0v) is 14.3. The van der Waals surface area contributed by atoms with Crippen LogP contribution in [0.2, 0.25) is 10.0 Å². The molecule has 0 unspecified atom stereocenters. The molecule has 7 heteroatoms. The number of esters is 1. The summed E-state index contributed by atoms with van der Waals surface area (Å²) in [5, 5.41) is 3.48. The fourth-order valence-corrected chi connectivity index (χ4v) is 2.42. The van der Waals surface area contributed by atoms with Crippen LogP contribution in [0.1, 0.15) is 24.3 Å². The Hall–Kier alpha value is -2.24. The molecular weight excluding hydrogens is 353 g/mol. The monoisotopic (exact) mass is 367 g/mol. The molecule has 0 aliphatic rings. The lowest BCUT2D eigenvalue weighted by Gasteiger charge is -2.11. The summed E-state index contributed by atoms with van der Waals surface area (Å²) in [5.74, 6) is -0.494. The zero-order valence-electron chi connectivity index (χ0n) is 12.8. The molecule has 1 aromatic carbocycles. The lowest BCUT2D eigenvalue weighted by Crippen LogP contribution is -2.30. The van der Waals surface area contributed by atoms with E-state index in [1.807, 2.05) is 0 Å². The Labute approximate surface area is 149 Å². The maximum atomic E-state index is 11.7. The minimum Gasteiger partial charge on any atom is -0.467 e. The van der Waals surface area contributed by atoms with Crippen molar-refractivity contribution in [3.05, 3.63) is 64.0 Å². The molecule has 126 valence electrons. The van der Waals surface area contributed by atoms with Gasteiger partial charge in [0, 0.05) is 21.7 Å². The summed E-state index contributed by atoms with van der Waals surface area (Å²) in [6.07, 6.45) is 4.12. The van der Waals surface area contributed by atoms with Crippen molar-refractivity contribution >= 4 is 41.2 Å². The average Bonchev–Trinajstić information content (AvgIpc) is 3.07. The predicted octanol–water partition coefficient (Wildman–Crippen LogP) is 4.02. The number of hydrogen-bond donors (Lipinski definition) is 1. The van der Waals surface area contributed by atoms with Gasteiger partial charge in [0.2, 0.25) is 0 Å². The number of halogens is 2. The van der Waals surface area contributed by atoms with E-state index >= 15 is 0 Å². The van der Waals surface area contributed by atoms with Crippen molar-refractivity contribution in [3.8, 4) is 0 Å². The lowest BCUT2D eigenvalue weighted by atomic mass is 10.2. The first kappa shape index (κ1) is 18.1. The second-order valence-corrected chi connectivity index (χ2v) is 5.70. The van der Waals surface area contributed by atoms with Gasteiger partial charge in [-0.3, -0.25) is 4.79 Å². The standard InChI is InChI=1S/C17H15Cl2NO4/c1-11(15-6-3-9-23-15)20-16(21)10-24-17(22)8-7-12-13(18)4-2-5-14(12)19/h2-9,11H,10H2,1H3,(H,20,21)/b8-7+/t11-/m1/s1. The number of ether oxygens (including phenoxy) is 1. The van der Waals surface area contributed by atoms with Crippen LogP contribution in [0.25, 0.3) is 6.08 Å². The Morgan fingerprint density at radius 3 is 2.58 bits per heavy atom. The molecule has 2 aromatic rings. The topological polar surface area (TPSA) is 68.5 Å². The molecule has 0 spiro atoms. The third-order valence-corrected chi connectivity index (χ3v) is 3.74. The van der Waals surface area contributed by atoms with Crippen LogP contribution in [0, 0.1) is 0 Å². The smallest absolute Gasteiger partial charge is 0.331 e. The molecule has 5 nitrogen and oxygen atoms in total. The first-order chi connectivity index (χ1) is 11.5. The van der Waals surface area contributed by atoms with E-state index in [2.05, 4.69) is 5.32 Å². The minimum atomic E-state index is -0.674. The maximum Gasteiger partial charge on any atom is 0.331 e. The Morgan fingerprint density at radius 1 is 1.25 bits per heavy atom. The van der Waals surface area contributed by atoms with Crippen LogP contribution in [0.3, 0.4) is 0 Å². The molecule has 1 N–H and O–H groups in total. The summed E-state index contributed by atoms with van der Waals surface area (Å²) in [6.45, 7) is 1.36. The molecule has 0 fully saturated rings. The van der Waals surface area contributed by atoms with E-state index in [0.29, 0.717) is 21.4 Å². The van der Waals surface area contributed by atoms with Crippen LogP contribution in [0.15, 0.2) is 47.1 Å².